The van der Waals surface area contributed by atoms with Gasteiger partial charge in [0.2, 0.25) is 0 Å². The molecule has 2 atom stereocenters. The van der Waals surface area contributed by atoms with Crippen LogP contribution in [0.25, 0.3) is 0 Å². The summed E-state index contributed by atoms with van der Waals surface area (Å²) in [5.41, 5.74) is 0.767. The van der Waals surface area contributed by atoms with Crippen LogP contribution in [0.5, 0.6) is 0 Å². The molecule has 0 bridgehead atoms. The Labute approximate surface area is 134 Å². The maximum absolute atomic E-state index is 9.07. The summed E-state index contributed by atoms with van der Waals surface area (Å²) in [6.07, 6.45) is 7.36. The molecule has 0 aromatic carbocycles. The van der Waals surface area contributed by atoms with Crippen LogP contribution in [0.2, 0.25) is 0 Å². The zero-order chi connectivity index (χ0) is 16.7. The lowest BCUT2D eigenvalue weighted by atomic mass is 9.57. The fourth-order valence-electron chi connectivity index (χ4n) is 3.70. The van der Waals surface area contributed by atoms with Gasteiger partial charge in [0.15, 0.2) is 0 Å². The molecule has 0 spiro atoms. The molecular weight excluding hydrogens is 256 g/mol. The lowest BCUT2D eigenvalue weighted by Gasteiger charge is -2.48. The van der Waals surface area contributed by atoms with E-state index in [1.165, 1.54) is 25.7 Å². The van der Waals surface area contributed by atoms with Crippen molar-refractivity contribution >= 4 is 0 Å². The molecule has 21 heavy (non-hydrogen) atoms. The molecule has 0 aliphatic rings. The van der Waals surface area contributed by atoms with Crippen molar-refractivity contribution in [1.29, 1.82) is 0 Å². The van der Waals surface area contributed by atoms with E-state index in [1.807, 2.05) is 0 Å². The molecule has 0 aliphatic heterocycles. The van der Waals surface area contributed by atoms with Crippen molar-refractivity contribution in [2.75, 3.05) is 6.61 Å². The largest absolute Gasteiger partial charge is 0.396 e. The third-order valence-electron chi connectivity index (χ3n) is 6.21. The first kappa shape index (κ1) is 21.0. The summed E-state index contributed by atoms with van der Waals surface area (Å²) in [7, 11) is 0. The molecule has 0 saturated carbocycles. The number of hydrogen-bond donors (Lipinski definition) is 1. The van der Waals surface area contributed by atoms with Crippen molar-refractivity contribution in [3.63, 3.8) is 0 Å². The minimum absolute atomic E-state index is 0.334. The SMILES string of the molecule is CC(C)CCCC(C)(C)[C@@H](C)C(C)(CCCCO)C(C)C. The summed E-state index contributed by atoms with van der Waals surface area (Å²) in [5, 5.41) is 9.07. The average Bonchev–Trinajstić information content (AvgIpc) is 2.36. The van der Waals surface area contributed by atoms with Crippen molar-refractivity contribution in [2.45, 2.75) is 93.9 Å². The normalized spacial score (nSPS) is 17.3. The number of aliphatic hydroxyl groups is 1. The van der Waals surface area contributed by atoms with Gasteiger partial charge in [-0.3, -0.25) is 0 Å². The van der Waals surface area contributed by atoms with Crippen molar-refractivity contribution in [3.8, 4) is 0 Å². The first-order valence-electron chi connectivity index (χ1n) is 9.18. The minimum Gasteiger partial charge on any atom is -0.396 e. The molecule has 1 heteroatoms. The predicted octanol–water partition coefficient (Wildman–Crippen LogP) is 6.30. The Balaban J connectivity index is 4.79. The summed E-state index contributed by atoms with van der Waals surface area (Å²) < 4.78 is 0. The molecule has 1 N–H and O–H groups in total. The van der Waals surface area contributed by atoms with Crippen LogP contribution in [0.3, 0.4) is 0 Å². The maximum Gasteiger partial charge on any atom is 0.0431 e. The molecule has 0 aliphatic carbocycles. The molecule has 0 amide bonds. The van der Waals surface area contributed by atoms with Gasteiger partial charge in [0.1, 0.15) is 0 Å². The zero-order valence-electron chi connectivity index (χ0n) is 16.1. The predicted molar refractivity (Wildman–Crippen MR) is 95.5 cm³/mol. The van der Waals surface area contributed by atoms with Gasteiger partial charge in [-0.2, -0.15) is 0 Å². The van der Waals surface area contributed by atoms with E-state index in [-0.39, 0.29) is 0 Å². The number of hydrogen-bond acceptors (Lipinski definition) is 1. The van der Waals surface area contributed by atoms with Gasteiger partial charge in [0, 0.05) is 6.61 Å². The Morgan fingerprint density at radius 3 is 1.81 bits per heavy atom. The first-order valence-corrected chi connectivity index (χ1v) is 9.18. The van der Waals surface area contributed by atoms with Gasteiger partial charge in [0.25, 0.3) is 0 Å². The Bertz CT molecular complexity index is 267. The van der Waals surface area contributed by atoms with Gasteiger partial charge in [-0.1, -0.05) is 74.7 Å². The van der Waals surface area contributed by atoms with E-state index in [1.54, 1.807) is 0 Å². The third kappa shape index (κ3) is 6.72. The van der Waals surface area contributed by atoms with Gasteiger partial charge in [-0.15, -0.1) is 0 Å². The van der Waals surface area contributed by atoms with Crippen LogP contribution in [0.15, 0.2) is 0 Å². The Morgan fingerprint density at radius 1 is 0.810 bits per heavy atom. The molecule has 0 heterocycles. The van der Waals surface area contributed by atoms with Gasteiger partial charge >= 0.3 is 0 Å². The summed E-state index contributed by atoms with van der Waals surface area (Å²) in [6.45, 7) is 19.6. The molecule has 0 saturated heterocycles. The van der Waals surface area contributed by atoms with E-state index in [9.17, 15) is 0 Å². The topological polar surface area (TPSA) is 20.2 Å². The van der Waals surface area contributed by atoms with Crippen LogP contribution in [0, 0.1) is 28.6 Å². The van der Waals surface area contributed by atoms with Gasteiger partial charge < -0.3 is 5.11 Å². The monoisotopic (exact) mass is 298 g/mol. The molecule has 128 valence electrons. The second kappa shape index (κ2) is 9.18. The van der Waals surface area contributed by atoms with Crippen LogP contribution in [0.4, 0.5) is 0 Å². The van der Waals surface area contributed by atoms with Crippen LogP contribution in [-0.4, -0.2) is 11.7 Å². The van der Waals surface area contributed by atoms with Crippen LogP contribution in [0.1, 0.15) is 93.9 Å². The third-order valence-corrected chi connectivity index (χ3v) is 6.21. The molecule has 1 unspecified atom stereocenters. The Morgan fingerprint density at radius 2 is 1.38 bits per heavy atom. The van der Waals surface area contributed by atoms with Crippen molar-refractivity contribution in [1.82, 2.24) is 0 Å². The standard InChI is InChI=1S/C20H42O/c1-16(2)12-11-13-19(6,7)18(5)20(8,17(3)4)14-9-10-15-21/h16-18,21H,9-15H2,1-8H3/t18-,20?/m1/s1. The van der Waals surface area contributed by atoms with Gasteiger partial charge in [-0.05, 0) is 47.8 Å². The fraction of sp³-hybridized carbons (Fsp3) is 1.00. The molecule has 0 radical (unpaired) electrons. The van der Waals surface area contributed by atoms with E-state index in [0.717, 1.165) is 18.8 Å². The number of rotatable bonds is 11. The van der Waals surface area contributed by atoms with Gasteiger partial charge in [-0.25, -0.2) is 0 Å². The molecule has 1 nitrogen and oxygen atoms in total. The van der Waals surface area contributed by atoms with E-state index >= 15 is 0 Å². The van der Waals surface area contributed by atoms with E-state index in [2.05, 4.69) is 55.4 Å². The highest BCUT2D eigenvalue weighted by molar-refractivity contribution is 4.91. The second-order valence-electron chi connectivity index (χ2n) is 8.84. The molecule has 0 rings (SSSR count). The highest BCUT2D eigenvalue weighted by atomic mass is 16.2. The Kier molecular flexibility index (Phi) is 9.16. The van der Waals surface area contributed by atoms with Gasteiger partial charge in [0.05, 0.1) is 0 Å². The lowest BCUT2D eigenvalue weighted by Crippen LogP contribution is -2.40. The first-order chi connectivity index (χ1) is 9.58. The molecular formula is C20H42O. The summed E-state index contributed by atoms with van der Waals surface area (Å²) in [4.78, 5) is 0. The van der Waals surface area contributed by atoms with E-state index < -0.39 is 0 Å². The number of aliphatic hydroxyl groups excluding tert-OH is 1. The smallest absolute Gasteiger partial charge is 0.0431 e. The zero-order valence-corrected chi connectivity index (χ0v) is 16.1. The molecule has 0 aromatic rings. The maximum atomic E-state index is 9.07. The van der Waals surface area contributed by atoms with Crippen LogP contribution in [-0.2, 0) is 0 Å². The Hall–Kier alpha value is -0.0400. The summed E-state index contributed by atoms with van der Waals surface area (Å²) >= 11 is 0. The minimum atomic E-state index is 0.334. The van der Waals surface area contributed by atoms with E-state index in [4.69, 9.17) is 5.11 Å². The van der Waals surface area contributed by atoms with Crippen molar-refractivity contribution in [2.24, 2.45) is 28.6 Å². The average molecular weight is 299 g/mol. The quantitative estimate of drug-likeness (QED) is 0.444. The summed E-state index contributed by atoms with van der Waals surface area (Å²) in [5.74, 6) is 2.21. The highest BCUT2D eigenvalue weighted by Gasteiger charge is 2.41. The molecule has 0 fully saturated rings. The van der Waals surface area contributed by atoms with Crippen molar-refractivity contribution < 1.29 is 5.11 Å². The highest BCUT2D eigenvalue weighted by Crippen LogP contribution is 2.50. The second-order valence-corrected chi connectivity index (χ2v) is 8.84. The van der Waals surface area contributed by atoms with Crippen LogP contribution < -0.4 is 0 Å². The van der Waals surface area contributed by atoms with E-state index in [0.29, 0.717) is 29.3 Å². The molecule has 0 aromatic heterocycles. The van der Waals surface area contributed by atoms with Crippen LogP contribution >= 0.6 is 0 Å². The summed E-state index contributed by atoms with van der Waals surface area (Å²) in [6, 6.07) is 0. The van der Waals surface area contributed by atoms with Crippen molar-refractivity contribution in [3.05, 3.63) is 0 Å². The number of unbranched alkanes of at least 4 members (excludes halogenated alkanes) is 1. The fourth-order valence-corrected chi connectivity index (χ4v) is 3.70. The lowest BCUT2D eigenvalue weighted by molar-refractivity contribution is 0.0144.